The highest BCUT2D eigenvalue weighted by Crippen LogP contribution is 2.25. The minimum absolute atomic E-state index is 0.137. The summed E-state index contributed by atoms with van der Waals surface area (Å²) in [6.45, 7) is 12.3. The lowest BCUT2D eigenvalue weighted by molar-refractivity contribution is -0.123. The summed E-state index contributed by atoms with van der Waals surface area (Å²) < 4.78 is 22.2. The molecule has 5 N–H and O–H groups in total. The highest BCUT2D eigenvalue weighted by molar-refractivity contribution is 5.86. The lowest BCUT2D eigenvalue weighted by atomic mass is 10.1. The van der Waals surface area contributed by atoms with Crippen LogP contribution in [0.4, 0.5) is 9.59 Å². The van der Waals surface area contributed by atoms with Gasteiger partial charge in [0, 0.05) is 47.3 Å². The number of fused-ring (bicyclic) bond motifs is 2. The van der Waals surface area contributed by atoms with E-state index in [4.69, 9.17) is 18.9 Å². The summed E-state index contributed by atoms with van der Waals surface area (Å²) in [5.74, 6) is 0.980. The van der Waals surface area contributed by atoms with Crippen LogP contribution in [0.2, 0.25) is 0 Å². The number of carbonyl (C=O) groups is 3. The SMILES string of the molecule is CC(C)(C)OC(=O)NCCc1c[nH]c2ccc(OCCNC(=O)COc3ccc4[nH]cc(CCNC(=O)OC(C)(C)C)c4c3)cc12. The van der Waals surface area contributed by atoms with Crippen molar-refractivity contribution >= 4 is 39.9 Å². The Balaban J connectivity index is 1.18. The van der Waals surface area contributed by atoms with Crippen LogP contribution >= 0.6 is 0 Å². The summed E-state index contributed by atoms with van der Waals surface area (Å²) in [5, 5.41) is 10.3. The van der Waals surface area contributed by atoms with Gasteiger partial charge in [0.1, 0.15) is 29.3 Å². The highest BCUT2D eigenvalue weighted by Gasteiger charge is 2.17. The number of alkyl carbamates (subject to hydrolysis) is 2. The van der Waals surface area contributed by atoms with Crippen LogP contribution in [-0.2, 0) is 27.1 Å². The van der Waals surface area contributed by atoms with Crippen molar-refractivity contribution in [3.8, 4) is 11.5 Å². The van der Waals surface area contributed by atoms with Gasteiger partial charge in [0.25, 0.3) is 5.91 Å². The minimum atomic E-state index is -0.551. The number of amides is 3. The van der Waals surface area contributed by atoms with Crippen LogP contribution in [0.1, 0.15) is 52.7 Å². The number of hydrogen-bond donors (Lipinski definition) is 5. The largest absolute Gasteiger partial charge is 0.492 e. The van der Waals surface area contributed by atoms with E-state index in [9.17, 15) is 14.4 Å². The molecule has 4 aromatic rings. The van der Waals surface area contributed by atoms with Crippen molar-refractivity contribution in [3.63, 3.8) is 0 Å². The van der Waals surface area contributed by atoms with Gasteiger partial charge in [-0.1, -0.05) is 0 Å². The van der Waals surface area contributed by atoms with Crippen LogP contribution < -0.4 is 25.4 Å². The summed E-state index contributed by atoms with van der Waals surface area (Å²) in [6.07, 6.45) is 4.15. The molecular formula is C34H45N5O7. The van der Waals surface area contributed by atoms with Crippen molar-refractivity contribution in [3.05, 3.63) is 59.9 Å². The molecule has 46 heavy (non-hydrogen) atoms. The van der Waals surface area contributed by atoms with Crippen LogP contribution in [0.15, 0.2) is 48.8 Å². The van der Waals surface area contributed by atoms with Crippen LogP contribution in [0.5, 0.6) is 11.5 Å². The zero-order chi connectivity index (χ0) is 33.3. The molecule has 0 aliphatic heterocycles. The van der Waals surface area contributed by atoms with E-state index in [0.717, 1.165) is 32.9 Å². The molecule has 12 nitrogen and oxygen atoms in total. The third-order valence-electron chi connectivity index (χ3n) is 6.67. The molecule has 12 heteroatoms. The third-order valence-corrected chi connectivity index (χ3v) is 6.67. The van der Waals surface area contributed by atoms with Gasteiger partial charge in [0.2, 0.25) is 0 Å². The number of benzene rings is 2. The van der Waals surface area contributed by atoms with Gasteiger partial charge < -0.3 is 44.9 Å². The topological polar surface area (TPSA) is 156 Å². The van der Waals surface area contributed by atoms with Gasteiger partial charge in [-0.05, 0) is 102 Å². The molecule has 2 aromatic heterocycles. The van der Waals surface area contributed by atoms with E-state index in [1.54, 1.807) is 6.07 Å². The molecule has 0 saturated heterocycles. The minimum Gasteiger partial charge on any atom is -0.492 e. The maximum atomic E-state index is 12.4. The molecule has 0 atom stereocenters. The van der Waals surface area contributed by atoms with Crippen molar-refractivity contribution in [2.45, 2.75) is 65.6 Å². The second kappa shape index (κ2) is 14.9. The fraction of sp³-hybridized carbons (Fsp3) is 0.441. The van der Waals surface area contributed by atoms with Gasteiger partial charge in [-0.3, -0.25) is 4.79 Å². The summed E-state index contributed by atoms with van der Waals surface area (Å²) in [4.78, 5) is 42.7. The number of H-pyrrole nitrogens is 2. The van der Waals surface area contributed by atoms with Crippen molar-refractivity contribution in [1.29, 1.82) is 0 Å². The Morgan fingerprint density at radius 2 is 1.13 bits per heavy atom. The molecule has 2 aromatic carbocycles. The normalized spacial score (nSPS) is 11.7. The molecule has 0 fully saturated rings. The Kier molecular flexibility index (Phi) is 11.0. The lowest BCUT2D eigenvalue weighted by Gasteiger charge is -2.19. The zero-order valence-electron chi connectivity index (χ0n) is 27.4. The summed E-state index contributed by atoms with van der Waals surface area (Å²) in [6, 6.07) is 11.3. The van der Waals surface area contributed by atoms with Gasteiger partial charge in [0.05, 0.1) is 6.54 Å². The van der Waals surface area contributed by atoms with Gasteiger partial charge in [-0.2, -0.15) is 0 Å². The first kappa shape index (κ1) is 34.0. The second-order valence-corrected chi connectivity index (χ2v) is 12.9. The Morgan fingerprint density at radius 3 is 1.61 bits per heavy atom. The second-order valence-electron chi connectivity index (χ2n) is 12.9. The molecule has 0 bridgehead atoms. The van der Waals surface area contributed by atoms with E-state index in [0.29, 0.717) is 44.0 Å². The number of hydrogen-bond acceptors (Lipinski definition) is 7. The van der Waals surface area contributed by atoms with Gasteiger partial charge >= 0.3 is 12.2 Å². The predicted octanol–water partition coefficient (Wildman–Crippen LogP) is 5.36. The Bertz CT molecular complexity index is 1650. The predicted molar refractivity (Wildman–Crippen MR) is 176 cm³/mol. The Morgan fingerprint density at radius 1 is 0.652 bits per heavy atom. The zero-order valence-corrected chi connectivity index (χ0v) is 27.4. The average Bonchev–Trinajstić information content (AvgIpc) is 3.55. The molecule has 0 aliphatic carbocycles. The lowest BCUT2D eigenvalue weighted by Crippen LogP contribution is -2.33. The van der Waals surface area contributed by atoms with Gasteiger partial charge in [-0.25, -0.2) is 9.59 Å². The quantitative estimate of drug-likeness (QED) is 0.124. The van der Waals surface area contributed by atoms with E-state index < -0.39 is 23.4 Å². The first-order valence-electron chi connectivity index (χ1n) is 15.4. The van der Waals surface area contributed by atoms with E-state index in [2.05, 4.69) is 25.9 Å². The van der Waals surface area contributed by atoms with Crippen LogP contribution in [0.3, 0.4) is 0 Å². The van der Waals surface area contributed by atoms with Gasteiger partial charge in [-0.15, -0.1) is 0 Å². The van der Waals surface area contributed by atoms with Crippen molar-refractivity contribution in [2.75, 3.05) is 32.8 Å². The van der Waals surface area contributed by atoms with E-state index in [1.807, 2.05) is 84.3 Å². The van der Waals surface area contributed by atoms with Crippen molar-refractivity contribution in [1.82, 2.24) is 25.9 Å². The van der Waals surface area contributed by atoms with Crippen LogP contribution in [0, 0.1) is 0 Å². The fourth-order valence-corrected chi connectivity index (χ4v) is 4.69. The molecule has 0 unspecified atom stereocenters. The number of aromatic nitrogens is 2. The maximum Gasteiger partial charge on any atom is 0.407 e. The first-order valence-corrected chi connectivity index (χ1v) is 15.4. The van der Waals surface area contributed by atoms with Crippen LogP contribution in [-0.4, -0.2) is 72.1 Å². The maximum absolute atomic E-state index is 12.4. The molecule has 248 valence electrons. The van der Waals surface area contributed by atoms with Crippen LogP contribution in [0.25, 0.3) is 21.8 Å². The standard InChI is InChI=1S/C34H45N5O7/c1-33(2,3)45-31(41)36-13-11-22-19-38-28-9-7-24(17-26(22)28)43-16-15-35-30(40)21-44-25-8-10-29-27(18-25)23(20-39-29)12-14-37-32(42)46-34(4,5)6/h7-10,17-20,38-39H,11-16,21H2,1-6H3,(H,35,40)(H,36,41)(H,37,42). The number of nitrogens with one attached hydrogen (secondary N) is 5. The number of aromatic amines is 2. The Labute approximate surface area is 268 Å². The van der Waals surface area contributed by atoms with Gasteiger partial charge in [0.15, 0.2) is 6.61 Å². The van der Waals surface area contributed by atoms with E-state index in [1.165, 1.54) is 0 Å². The summed E-state index contributed by atoms with van der Waals surface area (Å²) in [5.41, 5.74) is 2.86. The molecule has 0 saturated carbocycles. The molecule has 0 radical (unpaired) electrons. The number of ether oxygens (including phenoxy) is 4. The summed E-state index contributed by atoms with van der Waals surface area (Å²) >= 11 is 0. The van der Waals surface area contributed by atoms with Crippen molar-refractivity contribution < 1.29 is 33.3 Å². The third kappa shape index (κ3) is 10.6. The number of rotatable bonds is 13. The monoisotopic (exact) mass is 635 g/mol. The molecule has 3 amide bonds. The molecule has 4 rings (SSSR count). The highest BCUT2D eigenvalue weighted by atomic mass is 16.6. The Hall–Kier alpha value is -4.87. The number of carbonyl (C=O) groups excluding carboxylic acids is 3. The molecular weight excluding hydrogens is 590 g/mol. The molecule has 0 spiro atoms. The smallest absolute Gasteiger partial charge is 0.407 e. The molecule has 2 heterocycles. The molecule has 0 aliphatic rings. The average molecular weight is 636 g/mol. The first-order chi connectivity index (χ1) is 21.8. The van der Waals surface area contributed by atoms with E-state index in [-0.39, 0.29) is 19.1 Å². The van der Waals surface area contributed by atoms with E-state index >= 15 is 0 Å². The van der Waals surface area contributed by atoms with Crippen molar-refractivity contribution in [2.24, 2.45) is 0 Å². The fourth-order valence-electron chi connectivity index (χ4n) is 4.69. The summed E-state index contributed by atoms with van der Waals surface area (Å²) in [7, 11) is 0.